The molecule has 0 saturated heterocycles. The number of nitrogens with one attached hydrogen (secondary N) is 1. The third-order valence-electron chi connectivity index (χ3n) is 3.30. The second-order valence-electron chi connectivity index (χ2n) is 5.50. The summed E-state index contributed by atoms with van der Waals surface area (Å²) in [4.78, 5) is 0. The minimum Gasteiger partial charge on any atom is -0.496 e. The SMILES string of the molecule is CCC(CNCC(C)C)Cc1ccc(OC)c(Br)c1. The number of hydrogen-bond donors (Lipinski definition) is 1. The standard InChI is InChI=1S/C16H26BrNO/c1-5-13(11-18-10-12(2)3)8-14-6-7-16(19-4)15(17)9-14/h6-7,9,12-13,18H,5,8,10-11H2,1-4H3. The fraction of sp³-hybridized carbons (Fsp3) is 0.625. The molecule has 108 valence electrons. The van der Waals surface area contributed by atoms with Crippen molar-refractivity contribution >= 4 is 15.9 Å². The van der Waals surface area contributed by atoms with E-state index in [1.54, 1.807) is 7.11 Å². The van der Waals surface area contributed by atoms with Crippen molar-refractivity contribution in [3.05, 3.63) is 28.2 Å². The Labute approximate surface area is 126 Å². The van der Waals surface area contributed by atoms with Crippen LogP contribution in [-0.2, 0) is 6.42 Å². The predicted octanol–water partition coefficient (Wildman–Crippen LogP) is 4.27. The first-order valence-electron chi connectivity index (χ1n) is 7.09. The van der Waals surface area contributed by atoms with Crippen LogP contribution in [0.25, 0.3) is 0 Å². The molecule has 2 nitrogen and oxygen atoms in total. The molecule has 0 amide bonds. The smallest absolute Gasteiger partial charge is 0.133 e. The van der Waals surface area contributed by atoms with Crippen LogP contribution in [0.2, 0.25) is 0 Å². The summed E-state index contributed by atoms with van der Waals surface area (Å²) >= 11 is 3.55. The molecule has 0 saturated carbocycles. The lowest BCUT2D eigenvalue weighted by Crippen LogP contribution is -2.27. The zero-order valence-electron chi connectivity index (χ0n) is 12.5. The molecule has 0 spiro atoms. The summed E-state index contributed by atoms with van der Waals surface area (Å²) in [6.07, 6.45) is 2.32. The van der Waals surface area contributed by atoms with E-state index in [2.05, 4.69) is 54.2 Å². The van der Waals surface area contributed by atoms with E-state index in [0.29, 0.717) is 11.8 Å². The summed E-state index contributed by atoms with van der Waals surface area (Å²) in [5.74, 6) is 2.31. The Bertz CT molecular complexity index is 379. The van der Waals surface area contributed by atoms with E-state index in [1.807, 2.05) is 6.07 Å². The molecule has 1 atom stereocenters. The third-order valence-corrected chi connectivity index (χ3v) is 3.92. The lowest BCUT2D eigenvalue weighted by atomic mass is 9.96. The maximum atomic E-state index is 5.26. The summed E-state index contributed by atoms with van der Waals surface area (Å²) in [6.45, 7) is 8.95. The van der Waals surface area contributed by atoms with E-state index < -0.39 is 0 Å². The van der Waals surface area contributed by atoms with Gasteiger partial charge in [0.1, 0.15) is 5.75 Å². The van der Waals surface area contributed by atoms with Crippen LogP contribution in [0.3, 0.4) is 0 Å². The minimum atomic E-state index is 0.694. The van der Waals surface area contributed by atoms with Crippen LogP contribution in [0.15, 0.2) is 22.7 Å². The van der Waals surface area contributed by atoms with Crippen molar-refractivity contribution in [2.75, 3.05) is 20.2 Å². The van der Waals surface area contributed by atoms with Gasteiger partial charge in [-0.25, -0.2) is 0 Å². The lowest BCUT2D eigenvalue weighted by Gasteiger charge is -2.17. The van der Waals surface area contributed by atoms with Gasteiger partial charge in [-0.1, -0.05) is 33.3 Å². The predicted molar refractivity (Wildman–Crippen MR) is 85.9 cm³/mol. The third kappa shape index (κ3) is 5.96. The Morgan fingerprint density at radius 1 is 1.26 bits per heavy atom. The van der Waals surface area contributed by atoms with E-state index in [1.165, 1.54) is 12.0 Å². The van der Waals surface area contributed by atoms with Gasteiger partial charge in [-0.2, -0.15) is 0 Å². The number of ether oxygens (including phenoxy) is 1. The van der Waals surface area contributed by atoms with E-state index in [9.17, 15) is 0 Å². The maximum Gasteiger partial charge on any atom is 0.133 e. The molecular formula is C16H26BrNO. The Kier molecular flexibility index (Phi) is 7.47. The summed E-state index contributed by atoms with van der Waals surface area (Å²) in [6, 6.07) is 6.37. The molecule has 0 aliphatic heterocycles. The number of halogens is 1. The average Bonchev–Trinajstić information content (AvgIpc) is 2.37. The number of rotatable bonds is 8. The molecule has 0 radical (unpaired) electrons. The summed E-state index contributed by atoms with van der Waals surface area (Å²) in [5, 5.41) is 3.56. The van der Waals surface area contributed by atoms with Crippen molar-refractivity contribution in [1.82, 2.24) is 5.32 Å². The summed E-state index contributed by atoms with van der Waals surface area (Å²) < 4.78 is 6.30. The van der Waals surface area contributed by atoms with Gasteiger partial charge in [0.2, 0.25) is 0 Å². The van der Waals surface area contributed by atoms with E-state index >= 15 is 0 Å². The van der Waals surface area contributed by atoms with Gasteiger partial charge < -0.3 is 10.1 Å². The van der Waals surface area contributed by atoms with Crippen LogP contribution in [0.4, 0.5) is 0 Å². The molecule has 1 aromatic carbocycles. The van der Waals surface area contributed by atoms with E-state index in [0.717, 1.165) is 29.7 Å². The van der Waals surface area contributed by atoms with E-state index in [4.69, 9.17) is 4.74 Å². The number of benzene rings is 1. The van der Waals surface area contributed by atoms with Gasteiger partial charge in [-0.05, 0) is 65.0 Å². The molecule has 0 bridgehead atoms. The number of hydrogen-bond acceptors (Lipinski definition) is 2. The highest BCUT2D eigenvalue weighted by Gasteiger charge is 2.09. The molecule has 3 heteroatoms. The maximum absolute atomic E-state index is 5.26. The average molecular weight is 328 g/mol. The summed E-state index contributed by atoms with van der Waals surface area (Å²) in [7, 11) is 1.70. The fourth-order valence-corrected chi connectivity index (χ4v) is 2.70. The quantitative estimate of drug-likeness (QED) is 0.769. The molecule has 0 aliphatic rings. The van der Waals surface area contributed by atoms with E-state index in [-0.39, 0.29) is 0 Å². The molecule has 1 aromatic rings. The Morgan fingerprint density at radius 3 is 2.53 bits per heavy atom. The van der Waals surface area contributed by atoms with Gasteiger partial charge in [0.25, 0.3) is 0 Å². The van der Waals surface area contributed by atoms with Crippen molar-refractivity contribution in [3.8, 4) is 5.75 Å². The van der Waals surface area contributed by atoms with Gasteiger partial charge in [-0.15, -0.1) is 0 Å². The second-order valence-corrected chi connectivity index (χ2v) is 6.35. The second kappa shape index (κ2) is 8.60. The zero-order chi connectivity index (χ0) is 14.3. The first-order valence-corrected chi connectivity index (χ1v) is 7.89. The highest BCUT2D eigenvalue weighted by molar-refractivity contribution is 9.10. The van der Waals surface area contributed by atoms with Crippen molar-refractivity contribution in [1.29, 1.82) is 0 Å². The largest absolute Gasteiger partial charge is 0.496 e. The van der Waals surface area contributed by atoms with Crippen LogP contribution in [0.5, 0.6) is 5.75 Å². The minimum absolute atomic E-state index is 0.694. The Morgan fingerprint density at radius 2 is 2.00 bits per heavy atom. The molecule has 1 N–H and O–H groups in total. The molecule has 1 unspecified atom stereocenters. The lowest BCUT2D eigenvalue weighted by molar-refractivity contribution is 0.411. The normalized spacial score (nSPS) is 12.7. The first-order chi connectivity index (χ1) is 9.06. The van der Waals surface area contributed by atoms with Crippen molar-refractivity contribution in [2.24, 2.45) is 11.8 Å². The highest BCUT2D eigenvalue weighted by Crippen LogP contribution is 2.26. The van der Waals surface area contributed by atoms with Gasteiger partial charge in [-0.3, -0.25) is 0 Å². The Hall–Kier alpha value is -0.540. The van der Waals surface area contributed by atoms with Crippen molar-refractivity contribution < 1.29 is 4.74 Å². The number of methoxy groups -OCH3 is 1. The van der Waals surface area contributed by atoms with Gasteiger partial charge in [0.15, 0.2) is 0 Å². The fourth-order valence-electron chi connectivity index (χ4n) is 2.11. The van der Waals surface area contributed by atoms with Crippen molar-refractivity contribution in [3.63, 3.8) is 0 Å². The molecule has 19 heavy (non-hydrogen) atoms. The molecule has 0 aliphatic carbocycles. The van der Waals surface area contributed by atoms with Crippen LogP contribution >= 0.6 is 15.9 Å². The van der Waals surface area contributed by atoms with Crippen LogP contribution < -0.4 is 10.1 Å². The molecule has 1 rings (SSSR count). The first kappa shape index (κ1) is 16.5. The van der Waals surface area contributed by atoms with Crippen molar-refractivity contribution in [2.45, 2.75) is 33.6 Å². The summed E-state index contributed by atoms with van der Waals surface area (Å²) in [5.41, 5.74) is 1.37. The molecule has 0 heterocycles. The molecule has 0 fully saturated rings. The van der Waals surface area contributed by atoms with Crippen LogP contribution in [-0.4, -0.2) is 20.2 Å². The highest BCUT2D eigenvalue weighted by atomic mass is 79.9. The molecule has 0 aromatic heterocycles. The van der Waals surface area contributed by atoms with Crippen LogP contribution in [0, 0.1) is 11.8 Å². The Balaban J connectivity index is 2.53. The van der Waals surface area contributed by atoms with Gasteiger partial charge in [0, 0.05) is 0 Å². The van der Waals surface area contributed by atoms with Crippen LogP contribution in [0.1, 0.15) is 32.8 Å². The van der Waals surface area contributed by atoms with Gasteiger partial charge in [0.05, 0.1) is 11.6 Å². The zero-order valence-corrected chi connectivity index (χ0v) is 14.1. The molecular weight excluding hydrogens is 302 g/mol. The monoisotopic (exact) mass is 327 g/mol. The van der Waals surface area contributed by atoms with Gasteiger partial charge >= 0.3 is 0 Å². The topological polar surface area (TPSA) is 21.3 Å².